The molecule has 1 unspecified atom stereocenters. The van der Waals surface area contributed by atoms with Gasteiger partial charge in [0.15, 0.2) is 22.7 Å². The van der Waals surface area contributed by atoms with Crippen LogP contribution in [0.3, 0.4) is 0 Å². The first-order chi connectivity index (χ1) is 14.0. The van der Waals surface area contributed by atoms with Gasteiger partial charge in [0.1, 0.15) is 5.15 Å². The highest BCUT2D eigenvalue weighted by Gasteiger charge is 2.31. The number of aliphatic imine (C=N–C) groups is 1. The molecule has 0 N–H and O–H groups in total. The van der Waals surface area contributed by atoms with E-state index in [2.05, 4.69) is 9.98 Å². The van der Waals surface area contributed by atoms with E-state index in [1.165, 1.54) is 19.1 Å². The van der Waals surface area contributed by atoms with Crippen molar-refractivity contribution in [2.75, 3.05) is 6.61 Å². The van der Waals surface area contributed by atoms with E-state index in [0.717, 1.165) is 24.4 Å². The number of esters is 1. The third-order valence-electron chi connectivity index (χ3n) is 3.78. The lowest BCUT2D eigenvalue weighted by Crippen LogP contribution is -2.28. The van der Waals surface area contributed by atoms with Crippen molar-refractivity contribution >= 4 is 41.2 Å². The largest absolute Gasteiger partial charge is 0.465 e. The molecule has 0 fully saturated rings. The molecule has 1 aromatic carbocycles. The molecule has 5 nitrogen and oxygen atoms in total. The predicted octanol–water partition coefficient (Wildman–Crippen LogP) is 5.18. The molecule has 160 valence electrons. The molecular weight excluding hydrogens is 451 g/mol. The van der Waals surface area contributed by atoms with Crippen LogP contribution in [-0.2, 0) is 22.3 Å². The maximum atomic E-state index is 13.7. The van der Waals surface area contributed by atoms with Crippen LogP contribution in [0.5, 0.6) is 0 Å². The van der Waals surface area contributed by atoms with E-state index in [1.54, 1.807) is 0 Å². The minimum atomic E-state index is -4.47. The number of Topliss-reactive ketones (excluding diaryl/α,β-unsaturated/α-hetero) is 1. The van der Waals surface area contributed by atoms with Crippen LogP contribution in [0.2, 0.25) is 10.3 Å². The topological polar surface area (TPSA) is 68.6 Å². The third kappa shape index (κ3) is 5.99. The zero-order valence-electron chi connectivity index (χ0n) is 15.3. The maximum absolute atomic E-state index is 13.7. The van der Waals surface area contributed by atoms with E-state index in [9.17, 15) is 27.2 Å². The molecule has 0 radical (unpaired) electrons. The Kier molecular flexibility index (Phi) is 7.91. The second kappa shape index (κ2) is 9.99. The maximum Gasteiger partial charge on any atom is 0.416 e. The van der Waals surface area contributed by atoms with Crippen LogP contribution in [0.4, 0.5) is 17.6 Å². The van der Waals surface area contributed by atoms with Crippen molar-refractivity contribution in [3.05, 3.63) is 63.1 Å². The van der Waals surface area contributed by atoms with E-state index < -0.39 is 51.1 Å². The Morgan fingerprint density at radius 1 is 1.20 bits per heavy atom. The Labute approximate surface area is 178 Å². The van der Waals surface area contributed by atoms with Gasteiger partial charge in [0.2, 0.25) is 0 Å². The number of aromatic nitrogens is 1. The summed E-state index contributed by atoms with van der Waals surface area (Å²) in [6, 6.07) is 4.96. The van der Waals surface area contributed by atoms with Crippen molar-refractivity contribution in [2.24, 2.45) is 10.9 Å². The van der Waals surface area contributed by atoms with E-state index in [4.69, 9.17) is 27.9 Å². The van der Waals surface area contributed by atoms with Gasteiger partial charge in [0.25, 0.3) is 0 Å². The Morgan fingerprint density at radius 2 is 1.83 bits per heavy atom. The number of carbonyl (C=O) groups is 2. The summed E-state index contributed by atoms with van der Waals surface area (Å²) in [6.07, 6.45) is -3.49. The Balaban J connectivity index is 2.24. The van der Waals surface area contributed by atoms with Crippen LogP contribution in [0, 0.1) is 11.7 Å². The Morgan fingerprint density at radius 3 is 2.40 bits per heavy atom. The van der Waals surface area contributed by atoms with Gasteiger partial charge in [-0.2, -0.15) is 13.2 Å². The standard InChI is InChI=1S/C19H14Cl2F4N2O3/c1-2-30-18(29)13(15(28)12-7-14(22)17(21)27-16(12)20)9-26-8-10-3-5-11(6-4-10)19(23,24)25/h3-7,9,13H,2,8H2,1H3. The van der Waals surface area contributed by atoms with Crippen molar-refractivity contribution in [2.45, 2.75) is 19.6 Å². The third-order valence-corrected chi connectivity index (χ3v) is 4.34. The van der Waals surface area contributed by atoms with Crippen LogP contribution < -0.4 is 0 Å². The number of alkyl halides is 3. The molecule has 0 aliphatic rings. The summed E-state index contributed by atoms with van der Waals surface area (Å²) in [5.41, 5.74) is -0.800. The fourth-order valence-electron chi connectivity index (χ4n) is 2.32. The van der Waals surface area contributed by atoms with Gasteiger partial charge >= 0.3 is 12.1 Å². The minimum Gasteiger partial charge on any atom is -0.465 e. The van der Waals surface area contributed by atoms with Crippen LogP contribution in [0.1, 0.15) is 28.4 Å². The number of ketones is 1. The minimum absolute atomic E-state index is 0.0314. The fraction of sp³-hybridized carbons (Fsp3) is 0.263. The van der Waals surface area contributed by atoms with Gasteiger partial charge in [-0.1, -0.05) is 35.3 Å². The van der Waals surface area contributed by atoms with Gasteiger partial charge in [-0.15, -0.1) is 0 Å². The van der Waals surface area contributed by atoms with Gasteiger partial charge < -0.3 is 4.74 Å². The first kappa shape index (κ1) is 23.8. The lowest BCUT2D eigenvalue weighted by molar-refractivity contribution is -0.144. The van der Waals surface area contributed by atoms with Crippen molar-refractivity contribution < 1.29 is 31.9 Å². The molecule has 0 aliphatic heterocycles. The lowest BCUT2D eigenvalue weighted by Gasteiger charge is -2.12. The molecule has 1 heterocycles. The zero-order valence-corrected chi connectivity index (χ0v) is 16.9. The molecule has 0 saturated carbocycles. The molecule has 1 aromatic heterocycles. The van der Waals surface area contributed by atoms with Gasteiger partial charge in [-0.25, -0.2) is 9.37 Å². The number of hydrogen-bond acceptors (Lipinski definition) is 5. The summed E-state index contributed by atoms with van der Waals surface area (Å²) < 4.78 is 56.3. The van der Waals surface area contributed by atoms with Crippen LogP contribution in [0.25, 0.3) is 0 Å². The number of nitrogens with zero attached hydrogens (tertiary/aromatic N) is 2. The fourth-order valence-corrected chi connectivity index (χ4v) is 2.73. The monoisotopic (exact) mass is 464 g/mol. The molecule has 30 heavy (non-hydrogen) atoms. The normalized spacial score (nSPS) is 12.8. The van der Waals surface area contributed by atoms with Crippen molar-refractivity contribution in [1.29, 1.82) is 0 Å². The number of ether oxygens (including phenoxy) is 1. The molecule has 0 spiro atoms. The molecule has 0 aliphatic carbocycles. The smallest absolute Gasteiger partial charge is 0.416 e. The van der Waals surface area contributed by atoms with E-state index in [0.29, 0.717) is 5.56 Å². The van der Waals surface area contributed by atoms with Crippen molar-refractivity contribution in [1.82, 2.24) is 4.98 Å². The Bertz CT molecular complexity index is 963. The van der Waals surface area contributed by atoms with Gasteiger partial charge in [0.05, 0.1) is 24.3 Å². The highest BCUT2D eigenvalue weighted by atomic mass is 35.5. The number of rotatable bonds is 7. The first-order valence-electron chi connectivity index (χ1n) is 8.43. The SMILES string of the molecule is CCOC(=O)C(C=NCc1ccc(C(F)(F)F)cc1)C(=O)c1cc(F)c(Cl)nc1Cl. The van der Waals surface area contributed by atoms with Crippen LogP contribution >= 0.6 is 23.2 Å². The molecular formula is C19H14Cl2F4N2O3. The zero-order chi connectivity index (χ0) is 22.5. The second-order valence-corrected chi connectivity index (χ2v) is 6.59. The summed E-state index contributed by atoms with van der Waals surface area (Å²) in [4.78, 5) is 32.3. The van der Waals surface area contributed by atoms with Crippen molar-refractivity contribution in [3.63, 3.8) is 0 Å². The predicted molar refractivity (Wildman–Crippen MR) is 102 cm³/mol. The molecule has 0 amide bonds. The molecule has 1 atom stereocenters. The summed E-state index contributed by atoms with van der Waals surface area (Å²) in [5.74, 6) is -4.43. The number of benzene rings is 1. The molecule has 0 saturated heterocycles. The summed E-state index contributed by atoms with van der Waals surface area (Å²) in [5, 5.41) is -0.947. The van der Waals surface area contributed by atoms with Crippen LogP contribution in [0.15, 0.2) is 35.3 Å². The average Bonchev–Trinajstić information content (AvgIpc) is 2.67. The van der Waals surface area contributed by atoms with Gasteiger partial charge in [-0.05, 0) is 30.7 Å². The summed E-state index contributed by atoms with van der Waals surface area (Å²) in [6.45, 7) is 1.38. The number of hydrogen-bond donors (Lipinski definition) is 0. The van der Waals surface area contributed by atoms with Gasteiger partial charge in [-0.3, -0.25) is 14.6 Å². The Hall–Kier alpha value is -2.52. The average molecular weight is 465 g/mol. The van der Waals surface area contributed by atoms with Gasteiger partial charge in [0, 0.05) is 6.21 Å². The number of carbonyl (C=O) groups excluding carboxylic acids is 2. The first-order valence-corrected chi connectivity index (χ1v) is 9.18. The van der Waals surface area contributed by atoms with E-state index in [-0.39, 0.29) is 13.2 Å². The lowest BCUT2D eigenvalue weighted by atomic mass is 10.00. The van der Waals surface area contributed by atoms with E-state index in [1.807, 2.05) is 0 Å². The number of pyridine rings is 1. The number of halogens is 6. The molecule has 2 aromatic rings. The molecule has 11 heteroatoms. The quantitative estimate of drug-likeness (QED) is 0.141. The molecule has 0 bridgehead atoms. The second-order valence-electron chi connectivity index (χ2n) is 5.88. The highest BCUT2D eigenvalue weighted by Crippen LogP contribution is 2.29. The van der Waals surface area contributed by atoms with Crippen molar-refractivity contribution in [3.8, 4) is 0 Å². The highest BCUT2D eigenvalue weighted by molar-refractivity contribution is 6.36. The summed E-state index contributed by atoms with van der Waals surface area (Å²) >= 11 is 11.3. The van der Waals surface area contributed by atoms with E-state index >= 15 is 0 Å². The summed E-state index contributed by atoms with van der Waals surface area (Å²) in [7, 11) is 0. The molecule has 2 rings (SSSR count). The van der Waals surface area contributed by atoms with Crippen LogP contribution in [-0.4, -0.2) is 29.6 Å².